The Morgan fingerprint density at radius 1 is 1.14 bits per heavy atom. The van der Waals surface area contributed by atoms with Crippen LogP contribution in [0, 0.1) is 5.92 Å². The highest BCUT2D eigenvalue weighted by atomic mass is 15.2. The molecule has 1 aliphatic carbocycles. The zero-order valence-corrected chi connectivity index (χ0v) is 10.00. The van der Waals surface area contributed by atoms with E-state index in [-0.39, 0.29) is 0 Å². The monoisotopic (exact) mass is 198 g/mol. The van der Waals surface area contributed by atoms with E-state index in [0.717, 1.165) is 18.5 Å². The van der Waals surface area contributed by atoms with Crippen molar-refractivity contribution in [3.8, 4) is 0 Å². The molecule has 1 unspecified atom stereocenters. The standard InChI is InChI=1S/C12H26N2/c1-10(2)8-14(9-11(3)13)12-6-4-5-7-12/h10-12H,4-9,13H2,1-3H3. The van der Waals surface area contributed by atoms with E-state index in [2.05, 4.69) is 25.7 Å². The van der Waals surface area contributed by atoms with Crippen LogP contribution in [0.5, 0.6) is 0 Å². The van der Waals surface area contributed by atoms with Crippen LogP contribution >= 0.6 is 0 Å². The van der Waals surface area contributed by atoms with E-state index in [9.17, 15) is 0 Å². The van der Waals surface area contributed by atoms with E-state index in [1.807, 2.05) is 0 Å². The van der Waals surface area contributed by atoms with E-state index in [1.165, 1.54) is 32.2 Å². The van der Waals surface area contributed by atoms with Gasteiger partial charge < -0.3 is 5.73 Å². The van der Waals surface area contributed by atoms with Gasteiger partial charge in [0.05, 0.1) is 0 Å². The molecule has 14 heavy (non-hydrogen) atoms. The summed E-state index contributed by atoms with van der Waals surface area (Å²) in [5.41, 5.74) is 5.89. The molecule has 1 fully saturated rings. The fourth-order valence-corrected chi connectivity index (χ4v) is 2.48. The maximum Gasteiger partial charge on any atom is 0.0139 e. The molecule has 0 aromatic carbocycles. The summed E-state index contributed by atoms with van der Waals surface area (Å²) in [5, 5.41) is 0. The van der Waals surface area contributed by atoms with Crippen molar-refractivity contribution >= 4 is 0 Å². The van der Waals surface area contributed by atoms with Crippen molar-refractivity contribution in [2.45, 2.75) is 58.5 Å². The summed E-state index contributed by atoms with van der Waals surface area (Å²) < 4.78 is 0. The fraction of sp³-hybridized carbons (Fsp3) is 1.00. The van der Waals surface area contributed by atoms with Crippen molar-refractivity contribution < 1.29 is 0 Å². The Balaban J connectivity index is 2.42. The zero-order chi connectivity index (χ0) is 10.6. The third-order valence-electron chi connectivity index (χ3n) is 2.96. The molecule has 2 N–H and O–H groups in total. The van der Waals surface area contributed by atoms with Gasteiger partial charge >= 0.3 is 0 Å². The molecule has 84 valence electrons. The van der Waals surface area contributed by atoms with Gasteiger partial charge in [-0.25, -0.2) is 0 Å². The van der Waals surface area contributed by atoms with Crippen LogP contribution in [0.25, 0.3) is 0 Å². The number of nitrogens with two attached hydrogens (primary N) is 1. The quantitative estimate of drug-likeness (QED) is 0.734. The highest BCUT2D eigenvalue weighted by Crippen LogP contribution is 2.24. The Morgan fingerprint density at radius 3 is 2.14 bits per heavy atom. The van der Waals surface area contributed by atoms with Crippen LogP contribution < -0.4 is 5.73 Å². The lowest BCUT2D eigenvalue weighted by molar-refractivity contribution is 0.169. The van der Waals surface area contributed by atoms with Crippen LogP contribution in [0.4, 0.5) is 0 Å². The van der Waals surface area contributed by atoms with Crippen LogP contribution in [-0.2, 0) is 0 Å². The number of rotatable bonds is 5. The summed E-state index contributed by atoms with van der Waals surface area (Å²) in [7, 11) is 0. The summed E-state index contributed by atoms with van der Waals surface area (Å²) in [6.45, 7) is 8.99. The predicted octanol–water partition coefficient (Wildman–Crippen LogP) is 2.23. The van der Waals surface area contributed by atoms with E-state index < -0.39 is 0 Å². The summed E-state index contributed by atoms with van der Waals surface area (Å²) in [5.74, 6) is 0.759. The molecule has 0 heterocycles. The minimum absolute atomic E-state index is 0.314. The zero-order valence-electron chi connectivity index (χ0n) is 10.00. The molecule has 0 spiro atoms. The molecule has 0 amide bonds. The van der Waals surface area contributed by atoms with Crippen molar-refractivity contribution in [1.29, 1.82) is 0 Å². The first kappa shape index (κ1) is 12.0. The SMILES string of the molecule is CC(C)CN(CC(C)N)C1CCCC1. The Morgan fingerprint density at radius 2 is 1.71 bits per heavy atom. The number of hydrogen-bond donors (Lipinski definition) is 1. The molecule has 0 aliphatic heterocycles. The van der Waals surface area contributed by atoms with Crippen LogP contribution in [0.15, 0.2) is 0 Å². The Kier molecular flexibility index (Phi) is 4.90. The molecule has 0 saturated heterocycles. The maximum absolute atomic E-state index is 5.89. The maximum atomic E-state index is 5.89. The minimum Gasteiger partial charge on any atom is -0.327 e. The van der Waals surface area contributed by atoms with E-state index in [1.54, 1.807) is 0 Å². The molecule has 2 heteroatoms. The highest BCUT2D eigenvalue weighted by molar-refractivity contribution is 4.79. The molecule has 0 bridgehead atoms. The van der Waals surface area contributed by atoms with Crippen LogP contribution in [0.1, 0.15) is 46.5 Å². The second-order valence-electron chi connectivity index (χ2n) is 5.26. The van der Waals surface area contributed by atoms with E-state index >= 15 is 0 Å². The van der Waals surface area contributed by atoms with Gasteiger partial charge in [-0.3, -0.25) is 4.90 Å². The van der Waals surface area contributed by atoms with Crippen molar-refractivity contribution in [1.82, 2.24) is 4.90 Å². The third kappa shape index (κ3) is 3.97. The summed E-state index contributed by atoms with van der Waals surface area (Å²) >= 11 is 0. The Labute approximate surface area is 88.8 Å². The lowest BCUT2D eigenvalue weighted by atomic mass is 10.1. The molecular weight excluding hydrogens is 172 g/mol. The molecular formula is C12H26N2. The van der Waals surface area contributed by atoms with Gasteiger partial charge in [0.15, 0.2) is 0 Å². The Bertz CT molecular complexity index is 138. The van der Waals surface area contributed by atoms with Crippen molar-refractivity contribution in [2.24, 2.45) is 11.7 Å². The van der Waals surface area contributed by atoms with Crippen molar-refractivity contribution in [3.05, 3.63) is 0 Å². The normalized spacial score (nSPS) is 21.0. The average Bonchev–Trinajstić information content (AvgIpc) is 2.52. The second kappa shape index (κ2) is 5.72. The molecule has 0 aromatic heterocycles. The first-order valence-electron chi connectivity index (χ1n) is 6.09. The molecule has 1 rings (SSSR count). The van der Waals surface area contributed by atoms with Crippen LogP contribution in [0.3, 0.4) is 0 Å². The predicted molar refractivity (Wildman–Crippen MR) is 62.3 cm³/mol. The van der Waals surface area contributed by atoms with Gasteiger partial charge in [0.1, 0.15) is 0 Å². The van der Waals surface area contributed by atoms with E-state index in [0.29, 0.717) is 6.04 Å². The fourth-order valence-electron chi connectivity index (χ4n) is 2.48. The van der Waals surface area contributed by atoms with Gasteiger partial charge in [-0.2, -0.15) is 0 Å². The van der Waals surface area contributed by atoms with Gasteiger partial charge in [-0.1, -0.05) is 26.7 Å². The number of nitrogens with zero attached hydrogens (tertiary/aromatic N) is 1. The topological polar surface area (TPSA) is 29.3 Å². The van der Waals surface area contributed by atoms with Gasteiger partial charge in [-0.05, 0) is 25.7 Å². The van der Waals surface area contributed by atoms with Crippen LogP contribution in [-0.4, -0.2) is 30.1 Å². The minimum atomic E-state index is 0.314. The Hall–Kier alpha value is -0.0800. The van der Waals surface area contributed by atoms with Gasteiger partial charge in [0.25, 0.3) is 0 Å². The van der Waals surface area contributed by atoms with Gasteiger partial charge in [0.2, 0.25) is 0 Å². The summed E-state index contributed by atoms with van der Waals surface area (Å²) in [4.78, 5) is 2.61. The molecule has 1 aliphatic rings. The van der Waals surface area contributed by atoms with E-state index in [4.69, 9.17) is 5.73 Å². The van der Waals surface area contributed by atoms with Crippen molar-refractivity contribution in [3.63, 3.8) is 0 Å². The third-order valence-corrected chi connectivity index (χ3v) is 2.96. The largest absolute Gasteiger partial charge is 0.327 e. The average molecular weight is 198 g/mol. The molecule has 1 saturated carbocycles. The lowest BCUT2D eigenvalue weighted by Crippen LogP contribution is -2.43. The van der Waals surface area contributed by atoms with Gasteiger partial charge in [0, 0.05) is 25.2 Å². The summed E-state index contributed by atoms with van der Waals surface area (Å²) in [6, 6.07) is 1.14. The molecule has 2 nitrogen and oxygen atoms in total. The van der Waals surface area contributed by atoms with Gasteiger partial charge in [-0.15, -0.1) is 0 Å². The number of hydrogen-bond acceptors (Lipinski definition) is 2. The second-order valence-corrected chi connectivity index (χ2v) is 5.26. The highest BCUT2D eigenvalue weighted by Gasteiger charge is 2.23. The lowest BCUT2D eigenvalue weighted by Gasteiger charge is -2.31. The molecule has 0 aromatic rings. The first-order valence-corrected chi connectivity index (χ1v) is 6.09. The van der Waals surface area contributed by atoms with Crippen molar-refractivity contribution in [2.75, 3.05) is 13.1 Å². The molecule has 0 radical (unpaired) electrons. The first-order chi connectivity index (χ1) is 6.59. The van der Waals surface area contributed by atoms with Crippen LogP contribution in [0.2, 0.25) is 0 Å². The molecule has 1 atom stereocenters. The smallest absolute Gasteiger partial charge is 0.0139 e. The summed E-state index contributed by atoms with van der Waals surface area (Å²) in [6.07, 6.45) is 5.61.